The molecule has 20 heavy (non-hydrogen) atoms. The molecule has 1 aromatic heterocycles. The maximum atomic E-state index is 11.7. The summed E-state index contributed by atoms with van der Waals surface area (Å²) in [6, 6.07) is 0. The van der Waals surface area contributed by atoms with Crippen molar-refractivity contribution in [3.8, 4) is 0 Å². The quantitative estimate of drug-likeness (QED) is 0.842. The van der Waals surface area contributed by atoms with Gasteiger partial charge in [0.1, 0.15) is 10.0 Å². The van der Waals surface area contributed by atoms with E-state index in [1.54, 1.807) is 0 Å². The van der Waals surface area contributed by atoms with Crippen molar-refractivity contribution < 1.29 is 4.79 Å². The highest BCUT2D eigenvalue weighted by Gasteiger charge is 2.20. The van der Waals surface area contributed by atoms with Crippen LogP contribution in [-0.2, 0) is 11.3 Å². The van der Waals surface area contributed by atoms with Crippen LogP contribution >= 0.6 is 23.1 Å². The number of rotatable bonds is 6. The minimum atomic E-state index is 0.118. The molecule has 2 rings (SSSR count). The number of nitrogens with zero attached hydrogens (tertiary/aromatic N) is 4. The molecule has 112 valence electrons. The van der Waals surface area contributed by atoms with Gasteiger partial charge in [-0.2, -0.15) is 0 Å². The molecule has 1 N–H and O–H groups in total. The minimum Gasteiger partial charge on any atom is -0.355 e. The molecule has 0 bridgehead atoms. The van der Waals surface area contributed by atoms with Gasteiger partial charge in [0, 0.05) is 50.8 Å². The average Bonchev–Trinajstić information content (AvgIpc) is 2.84. The number of nitrogens with one attached hydrogen (secondary N) is 1. The fraction of sp³-hybridized carbons (Fsp3) is 0.750. The van der Waals surface area contributed by atoms with Gasteiger partial charge in [0.15, 0.2) is 0 Å². The second kappa shape index (κ2) is 7.87. The van der Waals surface area contributed by atoms with E-state index in [9.17, 15) is 4.79 Å². The lowest BCUT2D eigenvalue weighted by Crippen LogP contribution is -2.49. The smallest absolute Gasteiger partial charge is 0.234 e. The molecule has 1 aliphatic rings. The lowest BCUT2D eigenvalue weighted by Gasteiger charge is -2.33. The van der Waals surface area contributed by atoms with Crippen LogP contribution in [0.15, 0.2) is 0 Å². The van der Waals surface area contributed by atoms with E-state index in [0.717, 1.165) is 51.4 Å². The van der Waals surface area contributed by atoms with Crippen LogP contribution in [0.2, 0.25) is 4.34 Å². The average molecular weight is 318 g/mol. The minimum absolute atomic E-state index is 0.118. The third-order valence-electron chi connectivity index (χ3n) is 3.29. The molecule has 6 nitrogen and oxygen atoms in total. The van der Waals surface area contributed by atoms with Crippen molar-refractivity contribution in [3.63, 3.8) is 0 Å². The highest BCUT2D eigenvalue weighted by Crippen LogP contribution is 2.19. The standard InChI is InChI=1S/C12H20ClN5OS/c1-2-3-14-11(19)9-18-6-4-17(5-7-18)8-10-12(13)20-16-15-10/h2-9H2,1H3,(H,14,19). The molecule has 0 radical (unpaired) electrons. The first kappa shape index (κ1) is 15.6. The Bertz CT molecular complexity index is 433. The van der Waals surface area contributed by atoms with Crippen LogP contribution in [0.5, 0.6) is 0 Å². The van der Waals surface area contributed by atoms with Crippen molar-refractivity contribution in [2.45, 2.75) is 19.9 Å². The van der Waals surface area contributed by atoms with Crippen LogP contribution in [0.25, 0.3) is 0 Å². The molecule has 1 aliphatic heterocycles. The van der Waals surface area contributed by atoms with E-state index in [1.165, 1.54) is 11.5 Å². The van der Waals surface area contributed by atoms with Gasteiger partial charge in [-0.1, -0.05) is 23.0 Å². The van der Waals surface area contributed by atoms with Gasteiger partial charge in [0.2, 0.25) is 5.91 Å². The number of halogens is 1. The Labute approximate surface area is 128 Å². The van der Waals surface area contributed by atoms with Crippen molar-refractivity contribution in [2.75, 3.05) is 39.3 Å². The number of carbonyl (C=O) groups excluding carboxylic acids is 1. The summed E-state index contributed by atoms with van der Waals surface area (Å²) in [6.07, 6.45) is 0.974. The molecule has 0 saturated carbocycles. The lowest BCUT2D eigenvalue weighted by molar-refractivity contribution is -0.122. The third kappa shape index (κ3) is 4.66. The van der Waals surface area contributed by atoms with Crippen LogP contribution in [0.3, 0.4) is 0 Å². The molecular formula is C12H20ClN5OS. The normalized spacial score (nSPS) is 17.3. The van der Waals surface area contributed by atoms with Crippen LogP contribution in [0.1, 0.15) is 19.0 Å². The van der Waals surface area contributed by atoms with E-state index in [-0.39, 0.29) is 5.91 Å². The Morgan fingerprint density at radius 1 is 1.35 bits per heavy atom. The van der Waals surface area contributed by atoms with Gasteiger partial charge < -0.3 is 5.32 Å². The number of piperazine rings is 1. The van der Waals surface area contributed by atoms with E-state index in [4.69, 9.17) is 11.6 Å². The van der Waals surface area contributed by atoms with Crippen molar-refractivity contribution in [3.05, 3.63) is 10.0 Å². The summed E-state index contributed by atoms with van der Waals surface area (Å²) in [7, 11) is 0. The molecule has 0 atom stereocenters. The Balaban J connectivity index is 1.70. The highest BCUT2D eigenvalue weighted by atomic mass is 35.5. The molecule has 0 spiro atoms. The summed E-state index contributed by atoms with van der Waals surface area (Å²) in [5.74, 6) is 0.118. The third-order valence-corrected chi connectivity index (χ3v) is 4.27. The van der Waals surface area contributed by atoms with Gasteiger partial charge in [-0.25, -0.2) is 0 Å². The first-order valence-corrected chi connectivity index (χ1v) is 8.02. The van der Waals surface area contributed by atoms with Gasteiger partial charge >= 0.3 is 0 Å². The topological polar surface area (TPSA) is 61.4 Å². The number of hydrogen-bond donors (Lipinski definition) is 1. The molecule has 1 saturated heterocycles. The van der Waals surface area contributed by atoms with Crippen LogP contribution < -0.4 is 5.32 Å². The SMILES string of the molecule is CCCNC(=O)CN1CCN(Cc2nnsc2Cl)CC1. The summed E-state index contributed by atoms with van der Waals surface area (Å²) in [5, 5.41) is 6.93. The van der Waals surface area contributed by atoms with Crippen molar-refractivity contribution in [1.29, 1.82) is 0 Å². The zero-order valence-corrected chi connectivity index (χ0v) is 13.2. The Morgan fingerprint density at radius 3 is 2.65 bits per heavy atom. The van der Waals surface area contributed by atoms with E-state index >= 15 is 0 Å². The summed E-state index contributed by atoms with van der Waals surface area (Å²) in [6.45, 7) is 7.69. The van der Waals surface area contributed by atoms with E-state index in [0.29, 0.717) is 10.9 Å². The van der Waals surface area contributed by atoms with Crippen molar-refractivity contribution in [2.24, 2.45) is 0 Å². The summed E-state index contributed by atoms with van der Waals surface area (Å²) in [5.41, 5.74) is 0.853. The number of carbonyl (C=O) groups is 1. The maximum absolute atomic E-state index is 11.7. The second-order valence-electron chi connectivity index (χ2n) is 4.90. The van der Waals surface area contributed by atoms with Crippen LogP contribution in [-0.4, -0.2) is 64.6 Å². The predicted octanol–water partition coefficient (Wildman–Crippen LogP) is 0.835. The van der Waals surface area contributed by atoms with Crippen molar-refractivity contribution >= 4 is 29.0 Å². The predicted molar refractivity (Wildman–Crippen MR) is 79.9 cm³/mol. The number of hydrogen-bond acceptors (Lipinski definition) is 6. The van der Waals surface area contributed by atoms with E-state index < -0.39 is 0 Å². The fourth-order valence-corrected chi connectivity index (χ4v) is 2.74. The molecule has 0 aliphatic carbocycles. The molecule has 0 unspecified atom stereocenters. The Kier molecular flexibility index (Phi) is 6.15. The fourth-order valence-electron chi connectivity index (χ4n) is 2.13. The highest BCUT2D eigenvalue weighted by molar-refractivity contribution is 7.10. The molecule has 2 heterocycles. The maximum Gasteiger partial charge on any atom is 0.234 e. The first-order chi connectivity index (χ1) is 9.69. The Morgan fingerprint density at radius 2 is 2.05 bits per heavy atom. The lowest BCUT2D eigenvalue weighted by atomic mass is 10.3. The zero-order valence-electron chi connectivity index (χ0n) is 11.6. The first-order valence-electron chi connectivity index (χ1n) is 6.87. The monoisotopic (exact) mass is 317 g/mol. The van der Waals surface area contributed by atoms with E-state index in [2.05, 4.69) is 31.6 Å². The van der Waals surface area contributed by atoms with Crippen LogP contribution in [0.4, 0.5) is 0 Å². The van der Waals surface area contributed by atoms with E-state index in [1.807, 2.05) is 0 Å². The molecular weight excluding hydrogens is 298 g/mol. The molecule has 1 amide bonds. The second-order valence-corrected chi connectivity index (χ2v) is 6.25. The van der Waals surface area contributed by atoms with Gasteiger partial charge in [-0.15, -0.1) is 5.10 Å². The molecule has 0 aromatic carbocycles. The number of aromatic nitrogens is 2. The van der Waals surface area contributed by atoms with Gasteiger partial charge in [0.05, 0.1) is 6.54 Å². The van der Waals surface area contributed by atoms with Gasteiger partial charge in [0.25, 0.3) is 0 Å². The number of amides is 1. The van der Waals surface area contributed by atoms with Gasteiger partial charge in [-0.05, 0) is 6.42 Å². The zero-order chi connectivity index (χ0) is 14.4. The molecule has 1 aromatic rings. The molecule has 1 fully saturated rings. The summed E-state index contributed by atoms with van der Waals surface area (Å²) < 4.78 is 4.51. The van der Waals surface area contributed by atoms with Crippen LogP contribution in [0, 0.1) is 0 Å². The summed E-state index contributed by atoms with van der Waals surface area (Å²) >= 11 is 7.23. The largest absolute Gasteiger partial charge is 0.355 e. The molecule has 8 heteroatoms. The Hall–Kier alpha value is -0.760. The van der Waals surface area contributed by atoms with Gasteiger partial charge in [-0.3, -0.25) is 14.6 Å². The van der Waals surface area contributed by atoms with Crippen molar-refractivity contribution in [1.82, 2.24) is 24.7 Å². The summed E-state index contributed by atoms with van der Waals surface area (Å²) in [4.78, 5) is 16.1.